The van der Waals surface area contributed by atoms with Gasteiger partial charge in [0.05, 0.1) is 23.3 Å². The fourth-order valence-corrected chi connectivity index (χ4v) is 2.88. The smallest absolute Gasteiger partial charge is 0.410 e. The van der Waals surface area contributed by atoms with Gasteiger partial charge in [0.2, 0.25) is 0 Å². The van der Waals surface area contributed by atoms with E-state index in [0.29, 0.717) is 24.4 Å². The van der Waals surface area contributed by atoms with Crippen LogP contribution in [0.2, 0.25) is 0 Å². The molecule has 118 valence electrons. The highest BCUT2D eigenvalue weighted by atomic mass is 32.1. The number of rotatable bonds is 2. The molecular formula is C15H17FN2O3S. The van der Waals surface area contributed by atoms with E-state index < -0.39 is 5.60 Å². The largest absolute Gasteiger partial charge is 0.484 e. The Morgan fingerprint density at radius 2 is 2.14 bits per heavy atom. The molecule has 0 spiro atoms. The van der Waals surface area contributed by atoms with Crippen molar-refractivity contribution in [3.05, 3.63) is 23.5 Å². The molecule has 0 radical (unpaired) electrons. The molecule has 1 aliphatic heterocycles. The number of halogens is 1. The van der Waals surface area contributed by atoms with E-state index in [1.165, 1.54) is 23.5 Å². The molecule has 1 aliphatic rings. The molecule has 0 bridgehead atoms. The van der Waals surface area contributed by atoms with Crippen LogP contribution in [0.3, 0.4) is 0 Å². The summed E-state index contributed by atoms with van der Waals surface area (Å²) < 4.78 is 25.3. The molecule has 0 unspecified atom stereocenters. The number of likely N-dealkylation sites (tertiary alicyclic amines) is 1. The van der Waals surface area contributed by atoms with Crippen molar-refractivity contribution < 1.29 is 18.7 Å². The number of benzene rings is 1. The normalized spacial score (nSPS) is 15.7. The maximum Gasteiger partial charge on any atom is 0.410 e. The zero-order chi connectivity index (χ0) is 15.9. The first-order chi connectivity index (χ1) is 10.3. The first kappa shape index (κ1) is 15.0. The van der Waals surface area contributed by atoms with E-state index in [2.05, 4.69) is 4.98 Å². The van der Waals surface area contributed by atoms with Crippen LogP contribution in [0.25, 0.3) is 10.2 Å². The van der Waals surface area contributed by atoms with Crippen molar-refractivity contribution >= 4 is 27.6 Å². The molecule has 0 saturated carbocycles. The highest BCUT2D eigenvalue weighted by Gasteiger charge is 2.35. The summed E-state index contributed by atoms with van der Waals surface area (Å²) in [6.07, 6.45) is -0.524. The number of carbonyl (C=O) groups is 1. The maximum absolute atomic E-state index is 13.6. The van der Waals surface area contributed by atoms with Crippen molar-refractivity contribution in [3.8, 4) is 5.75 Å². The van der Waals surface area contributed by atoms with E-state index >= 15 is 0 Å². The second-order valence-electron chi connectivity index (χ2n) is 6.23. The zero-order valence-corrected chi connectivity index (χ0v) is 13.4. The number of fused-ring (bicyclic) bond motifs is 1. The van der Waals surface area contributed by atoms with Gasteiger partial charge in [-0.2, -0.15) is 0 Å². The Kier molecular flexibility index (Phi) is 3.68. The van der Waals surface area contributed by atoms with Gasteiger partial charge in [-0.15, -0.1) is 11.3 Å². The number of hydrogen-bond donors (Lipinski definition) is 0. The number of hydrogen-bond acceptors (Lipinski definition) is 5. The van der Waals surface area contributed by atoms with Crippen molar-refractivity contribution in [2.24, 2.45) is 0 Å². The van der Waals surface area contributed by atoms with Crippen molar-refractivity contribution in [2.75, 3.05) is 13.1 Å². The number of ether oxygens (including phenoxy) is 2. The third kappa shape index (κ3) is 3.14. The predicted molar refractivity (Wildman–Crippen MR) is 81.8 cm³/mol. The maximum atomic E-state index is 13.6. The lowest BCUT2D eigenvalue weighted by Gasteiger charge is -2.39. The molecule has 1 fully saturated rings. The molecule has 1 amide bonds. The molecule has 1 saturated heterocycles. The predicted octanol–water partition coefficient (Wildman–Crippen LogP) is 3.43. The van der Waals surface area contributed by atoms with Crippen LogP contribution >= 0.6 is 11.3 Å². The average Bonchev–Trinajstić information content (AvgIpc) is 2.78. The van der Waals surface area contributed by atoms with E-state index in [0.717, 1.165) is 4.70 Å². The summed E-state index contributed by atoms with van der Waals surface area (Å²) in [6.45, 7) is 6.33. The summed E-state index contributed by atoms with van der Waals surface area (Å²) in [7, 11) is 0. The summed E-state index contributed by atoms with van der Waals surface area (Å²) >= 11 is 1.36. The number of carbonyl (C=O) groups excluding carboxylic acids is 1. The molecule has 2 aromatic rings. The van der Waals surface area contributed by atoms with E-state index in [1.54, 1.807) is 10.4 Å². The quantitative estimate of drug-likeness (QED) is 0.849. The third-order valence-corrected chi connectivity index (χ3v) is 3.94. The SMILES string of the molecule is CC(C)(C)OC(=O)N1CC(Oc2cc(F)cc3scnc23)C1. The van der Waals surface area contributed by atoms with Gasteiger partial charge in [0.1, 0.15) is 28.8 Å². The van der Waals surface area contributed by atoms with Gasteiger partial charge in [0, 0.05) is 6.07 Å². The Bertz CT molecular complexity index is 704. The van der Waals surface area contributed by atoms with Crippen LogP contribution in [-0.2, 0) is 4.74 Å². The Morgan fingerprint density at radius 1 is 1.41 bits per heavy atom. The van der Waals surface area contributed by atoms with Gasteiger partial charge in [-0.1, -0.05) is 0 Å². The molecule has 2 heterocycles. The fraction of sp³-hybridized carbons (Fsp3) is 0.467. The van der Waals surface area contributed by atoms with Gasteiger partial charge >= 0.3 is 6.09 Å². The number of thiazole rings is 1. The topological polar surface area (TPSA) is 51.7 Å². The Labute approximate surface area is 131 Å². The summed E-state index contributed by atoms with van der Waals surface area (Å²) in [4.78, 5) is 17.6. The molecule has 5 nitrogen and oxygen atoms in total. The second kappa shape index (κ2) is 5.39. The molecule has 0 aliphatic carbocycles. The van der Waals surface area contributed by atoms with Gasteiger partial charge in [0.15, 0.2) is 0 Å². The van der Waals surface area contributed by atoms with Gasteiger partial charge in [-0.25, -0.2) is 14.2 Å². The van der Waals surface area contributed by atoms with Crippen LogP contribution < -0.4 is 4.74 Å². The van der Waals surface area contributed by atoms with Crippen molar-refractivity contribution in [1.29, 1.82) is 0 Å². The Balaban J connectivity index is 1.62. The number of nitrogens with zero attached hydrogens (tertiary/aromatic N) is 2. The van der Waals surface area contributed by atoms with Gasteiger partial charge < -0.3 is 14.4 Å². The van der Waals surface area contributed by atoms with E-state index in [9.17, 15) is 9.18 Å². The summed E-state index contributed by atoms with van der Waals surface area (Å²) in [5.41, 5.74) is 1.80. The van der Waals surface area contributed by atoms with Crippen LogP contribution in [0.5, 0.6) is 5.75 Å². The molecule has 3 rings (SSSR count). The van der Waals surface area contributed by atoms with Crippen LogP contribution in [0.15, 0.2) is 17.6 Å². The first-order valence-corrected chi connectivity index (χ1v) is 7.87. The zero-order valence-electron chi connectivity index (χ0n) is 12.6. The second-order valence-corrected chi connectivity index (χ2v) is 7.11. The van der Waals surface area contributed by atoms with Gasteiger partial charge in [-0.05, 0) is 26.8 Å². The molecule has 1 aromatic heterocycles. The molecule has 7 heteroatoms. The van der Waals surface area contributed by atoms with Crippen LogP contribution in [0.4, 0.5) is 9.18 Å². The average molecular weight is 324 g/mol. The minimum atomic E-state index is -0.516. The van der Waals surface area contributed by atoms with Crippen molar-refractivity contribution in [2.45, 2.75) is 32.5 Å². The van der Waals surface area contributed by atoms with Crippen LogP contribution in [0.1, 0.15) is 20.8 Å². The summed E-state index contributed by atoms with van der Waals surface area (Å²) in [6, 6.07) is 2.77. The summed E-state index contributed by atoms with van der Waals surface area (Å²) in [5, 5.41) is 0. The lowest BCUT2D eigenvalue weighted by Crippen LogP contribution is -2.57. The van der Waals surface area contributed by atoms with E-state index in [-0.39, 0.29) is 18.0 Å². The Hall–Kier alpha value is -1.89. The monoisotopic (exact) mass is 324 g/mol. The number of amides is 1. The lowest BCUT2D eigenvalue weighted by molar-refractivity contribution is -0.0218. The van der Waals surface area contributed by atoms with Gasteiger partial charge in [-0.3, -0.25) is 0 Å². The summed E-state index contributed by atoms with van der Waals surface area (Å²) in [5.74, 6) is 0.0696. The minimum Gasteiger partial charge on any atom is -0.484 e. The van der Waals surface area contributed by atoms with E-state index in [4.69, 9.17) is 9.47 Å². The minimum absolute atomic E-state index is 0.167. The van der Waals surface area contributed by atoms with Crippen molar-refractivity contribution in [3.63, 3.8) is 0 Å². The van der Waals surface area contributed by atoms with E-state index in [1.807, 2.05) is 20.8 Å². The lowest BCUT2D eigenvalue weighted by atomic mass is 10.1. The first-order valence-electron chi connectivity index (χ1n) is 6.99. The highest BCUT2D eigenvalue weighted by molar-refractivity contribution is 7.16. The molecular weight excluding hydrogens is 307 g/mol. The number of aromatic nitrogens is 1. The highest BCUT2D eigenvalue weighted by Crippen LogP contribution is 2.30. The van der Waals surface area contributed by atoms with Crippen LogP contribution in [0, 0.1) is 5.82 Å². The van der Waals surface area contributed by atoms with Crippen molar-refractivity contribution in [1.82, 2.24) is 9.88 Å². The van der Waals surface area contributed by atoms with Gasteiger partial charge in [0.25, 0.3) is 0 Å². The molecule has 0 atom stereocenters. The molecule has 22 heavy (non-hydrogen) atoms. The standard InChI is InChI=1S/C15H17FN2O3S/c1-15(2,3)21-14(19)18-6-10(7-18)20-11-4-9(16)5-12-13(11)17-8-22-12/h4-5,8,10H,6-7H2,1-3H3. The van der Waals surface area contributed by atoms with Crippen LogP contribution in [-0.4, -0.2) is 40.8 Å². The fourth-order valence-electron chi connectivity index (χ4n) is 2.16. The molecule has 1 aromatic carbocycles. The molecule has 0 N–H and O–H groups in total. The Morgan fingerprint density at radius 3 is 2.82 bits per heavy atom. The third-order valence-electron chi connectivity index (χ3n) is 3.16.